The van der Waals surface area contributed by atoms with E-state index < -0.39 is 21.4 Å². The molecule has 2 fully saturated rings. The van der Waals surface area contributed by atoms with Crippen LogP contribution in [-0.4, -0.2) is 58.7 Å². The molecule has 3 unspecified atom stereocenters. The van der Waals surface area contributed by atoms with E-state index in [0.29, 0.717) is 18.9 Å². The largest absolute Gasteiger partial charge is 0.381 e. The van der Waals surface area contributed by atoms with Crippen molar-refractivity contribution in [1.82, 2.24) is 24.7 Å². The maximum atomic E-state index is 13.2. The topological polar surface area (TPSA) is 121 Å². The van der Waals surface area contributed by atoms with Crippen molar-refractivity contribution in [3.05, 3.63) is 29.6 Å². The van der Waals surface area contributed by atoms with Crippen molar-refractivity contribution in [2.75, 3.05) is 25.0 Å². The summed E-state index contributed by atoms with van der Waals surface area (Å²) in [5.74, 6) is 1.15. The number of nitrogens with one attached hydrogen (secondary N) is 1. The van der Waals surface area contributed by atoms with Crippen LogP contribution in [0.2, 0.25) is 0 Å². The number of hydrogen-bond acceptors (Lipinski definition) is 8. The van der Waals surface area contributed by atoms with Crippen LogP contribution < -0.4 is 4.72 Å². The third-order valence-electron chi connectivity index (χ3n) is 5.99. The van der Waals surface area contributed by atoms with E-state index in [0.717, 1.165) is 30.8 Å². The fourth-order valence-corrected chi connectivity index (χ4v) is 4.94. The summed E-state index contributed by atoms with van der Waals surface area (Å²) in [6.07, 6.45) is 5.13. The van der Waals surface area contributed by atoms with Crippen molar-refractivity contribution < 1.29 is 17.9 Å². The molecule has 0 spiro atoms. The Morgan fingerprint density at radius 1 is 1.30 bits per heavy atom. The van der Waals surface area contributed by atoms with E-state index in [9.17, 15) is 8.42 Å². The highest BCUT2D eigenvalue weighted by molar-refractivity contribution is 7.93. The molecule has 1 saturated heterocycles. The van der Waals surface area contributed by atoms with E-state index in [-0.39, 0.29) is 17.4 Å². The molecule has 1 N–H and O–H groups in total. The van der Waals surface area contributed by atoms with Gasteiger partial charge < -0.3 is 9.47 Å². The molecular weight excluding hydrogens is 408 g/mol. The quantitative estimate of drug-likeness (QED) is 0.666. The number of nitrogens with zero attached hydrogens (tertiary/aromatic N) is 5. The molecule has 10 nitrogen and oxygen atoms in total. The summed E-state index contributed by atoms with van der Waals surface area (Å²) in [6.45, 7) is 6.76. The lowest BCUT2D eigenvalue weighted by molar-refractivity contribution is 0.0985. The number of methoxy groups -OCH3 is 1. The highest BCUT2D eigenvalue weighted by Crippen LogP contribution is 2.47. The zero-order valence-electron chi connectivity index (χ0n) is 17.7. The van der Waals surface area contributed by atoms with E-state index in [2.05, 4.69) is 31.8 Å². The Labute approximate surface area is 176 Å². The van der Waals surface area contributed by atoms with Gasteiger partial charge in [-0.3, -0.25) is 19.3 Å². The van der Waals surface area contributed by atoms with E-state index in [1.807, 2.05) is 11.5 Å². The molecule has 3 heterocycles. The average Bonchev–Trinajstić information content (AvgIpc) is 3.12. The highest BCUT2D eigenvalue weighted by atomic mass is 32.2. The van der Waals surface area contributed by atoms with Crippen molar-refractivity contribution in [2.24, 2.45) is 0 Å². The number of sulfonamides is 1. The van der Waals surface area contributed by atoms with Crippen molar-refractivity contribution in [2.45, 2.75) is 62.8 Å². The Morgan fingerprint density at radius 2 is 2.07 bits per heavy atom. The zero-order chi connectivity index (χ0) is 21.5. The standard InChI is InChI=1S/C19H28N6O4S/c1-12-9-21-15(10-20-12)16(28-4)13(2)30(26,27)24-18-23-22-17(14-5-8-29-11-14)25(18)19(3)6-7-19/h9-10,13-14,16H,5-8,11H2,1-4H3,(H,23,24). The predicted octanol–water partition coefficient (Wildman–Crippen LogP) is 1.91. The van der Waals surface area contributed by atoms with Gasteiger partial charge in [-0.2, -0.15) is 0 Å². The minimum Gasteiger partial charge on any atom is -0.381 e. The van der Waals surface area contributed by atoms with Crippen LogP contribution in [0.3, 0.4) is 0 Å². The van der Waals surface area contributed by atoms with Crippen molar-refractivity contribution in [3.8, 4) is 0 Å². The first kappa shape index (κ1) is 21.1. The molecule has 0 aromatic carbocycles. The van der Waals surface area contributed by atoms with Gasteiger partial charge in [-0.25, -0.2) is 8.42 Å². The Kier molecular flexibility index (Phi) is 5.54. The molecule has 164 valence electrons. The Hall–Kier alpha value is -2.11. The molecule has 0 amide bonds. The summed E-state index contributed by atoms with van der Waals surface area (Å²) in [7, 11) is -2.38. The molecule has 0 radical (unpaired) electrons. The molecule has 2 aromatic rings. The Balaban J connectivity index is 1.62. The predicted molar refractivity (Wildman–Crippen MR) is 110 cm³/mol. The van der Waals surface area contributed by atoms with Gasteiger partial charge in [-0.15, -0.1) is 10.2 Å². The summed E-state index contributed by atoms with van der Waals surface area (Å²) in [5, 5.41) is 7.61. The van der Waals surface area contributed by atoms with Crippen LogP contribution in [0, 0.1) is 6.92 Å². The van der Waals surface area contributed by atoms with Gasteiger partial charge in [-0.05, 0) is 40.0 Å². The number of aromatic nitrogens is 5. The van der Waals surface area contributed by atoms with E-state index in [1.54, 1.807) is 19.3 Å². The van der Waals surface area contributed by atoms with Crippen LogP contribution >= 0.6 is 0 Å². The molecule has 0 bridgehead atoms. The summed E-state index contributed by atoms with van der Waals surface area (Å²) in [5.41, 5.74) is 1.03. The first-order valence-corrected chi connectivity index (χ1v) is 11.7. The Morgan fingerprint density at radius 3 is 2.63 bits per heavy atom. The van der Waals surface area contributed by atoms with Gasteiger partial charge >= 0.3 is 0 Å². The second kappa shape index (κ2) is 7.86. The average molecular weight is 437 g/mol. The summed E-state index contributed by atoms with van der Waals surface area (Å²) >= 11 is 0. The van der Waals surface area contributed by atoms with Crippen LogP contribution in [0.25, 0.3) is 0 Å². The van der Waals surface area contributed by atoms with Crippen molar-refractivity contribution in [3.63, 3.8) is 0 Å². The van der Waals surface area contributed by atoms with Gasteiger partial charge in [0.1, 0.15) is 17.2 Å². The number of hydrogen-bond donors (Lipinski definition) is 1. The van der Waals surface area contributed by atoms with Crippen molar-refractivity contribution in [1.29, 1.82) is 0 Å². The molecular formula is C19H28N6O4S. The fourth-order valence-electron chi connectivity index (χ4n) is 3.79. The van der Waals surface area contributed by atoms with E-state index >= 15 is 0 Å². The molecule has 4 rings (SSSR count). The third kappa shape index (κ3) is 3.93. The molecule has 1 aliphatic carbocycles. The molecule has 1 saturated carbocycles. The van der Waals surface area contributed by atoms with Crippen LogP contribution in [0.15, 0.2) is 12.4 Å². The SMILES string of the molecule is COC(c1cnc(C)cn1)C(C)S(=O)(=O)Nc1nnc(C2CCOC2)n1C1(C)CC1. The molecule has 3 atom stereocenters. The second-order valence-corrected chi connectivity index (χ2v) is 10.4. The second-order valence-electron chi connectivity index (χ2n) is 8.37. The number of ether oxygens (including phenoxy) is 2. The van der Waals surface area contributed by atoms with Crippen LogP contribution in [-0.2, 0) is 25.0 Å². The monoisotopic (exact) mass is 436 g/mol. The highest BCUT2D eigenvalue weighted by Gasteiger charge is 2.45. The molecule has 2 aromatic heterocycles. The van der Waals surface area contributed by atoms with Crippen LogP contribution in [0.1, 0.15) is 62.3 Å². The lowest BCUT2D eigenvalue weighted by atomic mass is 10.1. The molecule has 11 heteroatoms. The number of anilines is 1. The van der Waals surface area contributed by atoms with Gasteiger partial charge in [-0.1, -0.05) is 0 Å². The zero-order valence-corrected chi connectivity index (χ0v) is 18.5. The van der Waals surface area contributed by atoms with E-state index in [1.165, 1.54) is 7.11 Å². The lowest BCUT2D eigenvalue weighted by Gasteiger charge is -2.24. The summed E-state index contributed by atoms with van der Waals surface area (Å²) in [4.78, 5) is 8.49. The molecule has 2 aliphatic rings. The third-order valence-corrected chi connectivity index (χ3v) is 7.69. The molecule has 1 aliphatic heterocycles. The summed E-state index contributed by atoms with van der Waals surface area (Å²) in [6, 6.07) is 0. The van der Waals surface area contributed by atoms with Crippen molar-refractivity contribution >= 4 is 16.0 Å². The van der Waals surface area contributed by atoms with Gasteiger partial charge in [0.15, 0.2) is 0 Å². The lowest BCUT2D eigenvalue weighted by Crippen LogP contribution is -2.34. The van der Waals surface area contributed by atoms with Crippen LogP contribution in [0.5, 0.6) is 0 Å². The first-order chi connectivity index (χ1) is 14.2. The fraction of sp³-hybridized carbons (Fsp3) is 0.684. The minimum atomic E-state index is -3.85. The first-order valence-electron chi connectivity index (χ1n) is 10.1. The molecule has 30 heavy (non-hydrogen) atoms. The normalized spacial score (nSPS) is 22.6. The van der Waals surface area contributed by atoms with Gasteiger partial charge in [0.25, 0.3) is 0 Å². The Bertz CT molecular complexity index is 997. The summed E-state index contributed by atoms with van der Waals surface area (Å²) < 4.78 is 42.0. The van der Waals surface area contributed by atoms with E-state index in [4.69, 9.17) is 9.47 Å². The minimum absolute atomic E-state index is 0.125. The number of rotatable bonds is 8. The van der Waals surface area contributed by atoms with Gasteiger partial charge in [0.2, 0.25) is 16.0 Å². The van der Waals surface area contributed by atoms with Crippen LogP contribution in [0.4, 0.5) is 5.95 Å². The number of aryl methyl sites for hydroxylation is 1. The smallest absolute Gasteiger partial charge is 0.240 e. The maximum absolute atomic E-state index is 13.2. The van der Waals surface area contributed by atoms with Gasteiger partial charge in [0.05, 0.1) is 24.2 Å². The van der Waals surface area contributed by atoms with Gasteiger partial charge in [0, 0.05) is 31.4 Å². The maximum Gasteiger partial charge on any atom is 0.240 e.